The summed E-state index contributed by atoms with van der Waals surface area (Å²) >= 11 is 1.89. The standard InChI is InChI=1S/C13H15NO2S/c15-14(16)11-5-4-10-9-13(17-12(10)8-11)6-2-1-3-7-13/h4-5,8H,1-3,6-7,9H2. The maximum absolute atomic E-state index is 10.8. The first-order valence-electron chi connectivity index (χ1n) is 6.15. The molecule has 17 heavy (non-hydrogen) atoms. The molecule has 0 bridgehead atoms. The van der Waals surface area contributed by atoms with Crippen LogP contribution in [0.1, 0.15) is 37.7 Å². The van der Waals surface area contributed by atoms with E-state index in [9.17, 15) is 10.1 Å². The van der Waals surface area contributed by atoms with Gasteiger partial charge in [0.25, 0.3) is 5.69 Å². The summed E-state index contributed by atoms with van der Waals surface area (Å²) in [4.78, 5) is 11.6. The van der Waals surface area contributed by atoms with Gasteiger partial charge in [-0.05, 0) is 24.8 Å². The van der Waals surface area contributed by atoms with Crippen LogP contribution < -0.4 is 0 Å². The van der Waals surface area contributed by atoms with Crippen LogP contribution in [0, 0.1) is 10.1 Å². The van der Waals surface area contributed by atoms with E-state index in [0.29, 0.717) is 4.75 Å². The Bertz CT molecular complexity index is 466. The van der Waals surface area contributed by atoms with Crippen molar-refractivity contribution in [3.63, 3.8) is 0 Å². The number of hydrogen-bond acceptors (Lipinski definition) is 3. The number of nitro benzene ring substituents is 1. The first kappa shape index (κ1) is 11.1. The van der Waals surface area contributed by atoms with Crippen LogP contribution in [-0.2, 0) is 6.42 Å². The molecule has 0 atom stereocenters. The molecule has 1 aliphatic heterocycles. The molecule has 1 fully saturated rings. The minimum atomic E-state index is -0.299. The fourth-order valence-corrected chi connectivity index (χ4v) is 4.63. The van der Waals surface area contributed by atoms with Gasteiger partial charge in [0, 0.05) is 21.8 Å². The van der Waals surface area contributed by atoms with Crippen molar-refractivity contribution in [2.75, 3.05) is 0 Å². The molecule has 2 aliphatic rings. The third-order valence-corrected chi connectivity index (χ3v) is 5.45. The van der Waals surface area contributed by atoms with Crippen molar-refractivity contribution in [2.24, 2.45) is 0 Å². The van der Waals surface area contributed by atoms with E-state index in [1.165, 1.54) is 37.7 Å². The average Bonchev–Trinajstić information content (AvgIpc) is 2.66. The van der Waals surface area contributed by atoms with Crippen molar-refractivity contribution in [3.8, 4) is 0 Å². The zero-order valence-electron chi connectivity index (χ0n) is 9.65. The van der Waals surface area contributed by atoms with E-state index >= 15 is 0 Å². The van der Waals surface area contributed by atoms with Crippen molar-refractivity contribution in [3.05, 3.63) is 33.9 Å². The molecule has 1 spiro atoms. The van der Waals surface area contributed by atoms with Gasteiger partial charge in [0.05, 0.1) is 4.92 Å². The van der Waals surface area contributed by atoms with Gasteiger partial charge in [-0.2, -0.15) is 0 Å². The molecule has 90 valence electrons. The predicted molar refractivity (Wildman–Crippen MR) is 68.5 cm³/mol. The second-order valence-electron chi connectivity index (χ2n) is 5.07. The Hall–Kier alpha value is -1.03. The lowest BCUT2D eigenvalue weighted by molar-refractivity contribution is -0.385. The van der Waals surface area contributed by atoms with Crippen LogP contribution in [0.25, 0.3) is 0 Å². The van der Waals surface area contributed by atoms with E-state index in [1.807, 2.05) is 17.8 Å². The topological polar surface area (TPSA) is 43.1 Å². The Morgan fingerprint density at radius 1 is 1.24 bits per heavy atom. The van der Waals surface area contributed by atoms with Gasteiger partial charge < -0.3 is 0 Å². The third-order valence-electron chi connectivity index (χ3n) is 3.87. The fourth-order valence-electron chi connectivity index (χ4n) is 2.99. The molecular formula is C13H15NO2S. The van der Waals surface area contributed by atoms with E-state index in [0.717, 1.165) is 11.3 Å². The first-order valence-corrected chi connectivity index (χ1v) is 6.97. The molecule has 0 N–H and O–H groups in total. The number of rotatable bonds is 1. The monoisotopic (exact) mass is 249 g/mol. The Morgan fingerprint density at radius 2 is 2.00 bits per heavy atom. The Labute approximate surface area is 105 Å². The molecule has 3 nitrogen and oxygen atoms in total. The van der Waals surface area contributed by atoms with Crippen LogP contribution >= 0.6 is 11.8 Å². The summed E-state index contributed by atoms with van der Waals surface area (Å²) in [6, 6.07) is 5.34. The van der Waals surface area contributed by atoms with Gasteiger partial charge in [0.1, 0.15) is 0 Å². The van der Waals surface area contributed by atoms with Gasteiger partial charge in [0.15, 0.2) is 0 Å². The highest BCUT2D eigenvalue weighted by Crippen LogP contribution is 2.53. The fraction of sp³-hybridized carbons (Fsp3) is 0.538. The maximum atomic E-state index is 10.8. The smallest absolute Gasteiger partial charge is 0.258 e. The number of hydrogen-bond donors (Lipinski definition) is 0. The van der Waals surface area contributed by atoms with Gasteiger partial charge in [-0.3, -0.25) is 10.1 Å². The van der Waals surface area contributed by atoms with Crippen LogP contribution in [-0.4, -0.2) is 9.67 Å². The lowest BCUT2D eigenvalue weighted by Crippen LogP contribution is -2.26. The van der Waals surface area contributed by atoms with Crippen molar-refractivity contribution < 1.29 is 4.92 Å². The Morgan fingerprint density at radius 3 is 2.71 bits per heavy atom. The highest BCUT2D eigenvalue weighted by Gasteiger charge is 2.39. The summed E-state index contributed by atoms with van der Waals surface area (Å²) < 4.78 is 0.357. The highest BCUT2D eigenvalue weighted by molar-refractivity contribution is 8.01. The van der Waals surface area contributed by atoms with Crippen molar-refractivity contribution >= 4 is 17.4 Å². The SMILES string of the molecule is O=[N+]([O-])c1ccc2c(c1)SC1(CCCCC1)C2. The number of nitrogens with zero attached hydrogens (tertiary/aromatic N) is 1. The molecule has 0 aromatic heterocycles. The molecular weight excluding hydrogens is 234 g/mol. The number of fused-ring (bicyclic) bond motifs is 1. The van der Waals surface area contributed by atoms with Gasteiger partial charge >= 0.3 is 0 Å². The minimum Gasteiger partial charge on any atom is -0.258 e. The highest BCUT2D eigenvalue weighted by atomic mass is 32.2. The van der Waals surface area contributed by atoms with Crippen molar-refractivity contribution in [1.82, 2.24) is 0 Å². The van der Waals surface area contributed by atoms with Crippen LogP contribution in [0.3, 0.4) is 0 Å². The molecule has 1 aliphatic carbocycles. The summed E-state index contributed by atoms with van der Waals surface area (Å²) in [6.07, 6.45) is 7.59. The molecule has 1 aromatic rings. The first-order chi connectivity index (χ1) is 8.19. The van der Waals surface area contributed by atoms with Crippen molar-refractivity contribution in [1.29, 1.82) is 0 Å². The quantitative estimate of drug-likeness (QED) is 0.559. The maximum Gasteiger partial charge on any atom is 0.270 e. The van der Waals surface area contributed by atoms with Gasteiger partial charge in [-0.15, -0.1) is 11.8 Å². The van der Waals surface area contributed by atoms with Crippen LogP contribution in [0.2, 0.25) is 0 Å². The molecule has 1 heterocycles. The van der Waals surface area contributed by atoms with E-state index in [2.05, 4.69) is 0 Å². The van der Waals surface area contributed by atoms with E-state index < -0.39 is 0 Å². The molecule has 1 aromatic carbocycles. The Balaban J connectivity index is 1.89. The lowest BCUT2D eigenvalue weighted by Gasteiger charge is -2.32. The summed E-state index contributed by atoms with van der Waals surface area (Å²) in [6.45, 7) is 0. The van der Waals surface area contributed by atoms with Gasteiger partial charge in [0.2, 0.25) is 0 Å². The second-order valence-corrected chi connectivity index (χ2v) is 6.58. The predicted octanol–water partition coefficient (Wildman–Crippen LogP) is 3.95. The second kappa shape index (κ2) is 4.02. The molecule has 0 unspecified atom stereocenters. The number of nitro groups is 1. The number of benzene rings is 1. The van der Waals surface area contributed by atoms with Gasteiger partial charge in [-0.25, -0.2) is 0 Å². The third kappa shape index (κ3) is 1.95. The van der Waals surface area contributed by atoms with E-state index in [1.54, 1.807) is 12.1 Å². The number of thioether (sulfide) groups is 1. The zero-order valence-corrected chi connectivity index (χ0v) is 10.5. The molecule has 0 saturated heterocycles. The minimum absolute atomic E-state index is 0.226. The van der Waals surface area contributed by atoms with Crippen molar-refractivity contribution in [2.45, 2.75) is 48.2 Å². The van der Waals surface area contributed by atoms with Gasteiger partial charge in [-0.1, -0.05) is 25.3 Å². The van der Waals surface area contributed by atoms with Crippen LogP contribution in [0.15, 0.2) is 23.1 Å². The summed E-state index contributed by atoms with van der Waals surface area (Å²) in [7, 11) is 0. The normalized spacial score (nSPS) is 21.4. The summed E-state index contributed by atoms with van der Waals surface area (Å²) in [5.74, 6) is 0. The molecule has 4 heteroatoms. The molecule has 0 amide bonds. The Kier molecular flexibility index (Phi) is 2.62. The summed E-state index contributed by atoms with van der Waals surface area (Å²) in [5.41, 5.74) is 1.53. The van der Waals surface area contributed by atoms with E-state index in [-0.39, 0.29) is 10.6 Å². The number of non-ortho nitro benzene ring substituents is 1. The summed E-state index contributed by atoms with van der Waals surface area (Å²) in [5, 5.41) is 10.8. The molecule has 1 saturated carbocycles. The van der Waals surface area contributed by atoms with Crippen LogP contribution in [0.4, 0.5) is 5.69 Å². The largest absolute Gasteiger partial charge is 0.270 e. The molecule has 3 rings (SSSR count). The zero-order chi connectivity index (χ0) is 11.9. The molecule has 0 radical (unpaired) electrons. The van der Waals surface area contributed by atoms with Crippen LogP contribution in [0.5, 0.6) is 0 Å². The van der Waals surface area contributed by atoms with E-state index in [4.69, 9.17) is 0 Å². The lowest BCUT2D eigenvalue weighted by atomic mass is 9.84. The average molecular weight is 249 g/mol.